The fourth-order valence-corrected chi connectivity index (χ4v) is 5.67. The van der Waals surface area contributed by atoms with Gasteiger partial charge in [-0.15, -0.1) is 0 Å². The third-order valence-corrected chi connectivity index (χ3v) is 8.61. The van der Waals surface area contributed by atoms with E-state index in [-0.39, 0.29) is 36.6 Å². The molecule has 0 saturated carbocycles. The van der Waals surface area contributed by atoms with Crippen LogP contribution in [0.2, 0.25) is 0 Å². The molecule has 0 saturated heterocycles. The molecule has 0 spiro atoms. The fourth-order valence-electron chi connectivity index (χ4n) is 5.67. The van der Waals surface area contributed by atoms with Gasteiger partial charge in [-0.3, -0.25) is 14.4 Å². The van der Waals surface area contributed by atoms with Crippen LogP contribution in [0.15, 0.2) is 36.5 Å². The molecule has 0 bridgehead atoms. The van der Waals surface area contributed by atoms with Gasteiger partial charge in [-0.25, -0.2) is 0 Å². The van der Waals surface area contributed by atoms with E-state index in [2.05, 4.69) is 20.8 Å². The van der Waals surface area contributed by atoms with Crippen LogP contribution in [-0.2, 0) is 23.9 Å². The Morgan fingerprint density at radius 3 is 2.13 bits per heavy atom. The summed E-state index contributed by atoms with van der Waals surface area (Å²) in [6, 6.07) is 0. The number of carbonyl (C=O) groups is 3. The summed E-state index contributed by atoms with van der Waals surface area (Å²) in [5.74, 6) is -0.0242. The molecule has 0 unspecified atom stereocenters. The lowest BCUT2D eigenvalue weighted by Crippen LogP contribution is -2.28. The lowest BCUT2D eigenvalue weighted by molar-refractivity contribution is -0.161. The number of unbranched alkanes of at least 4 members (excludes halogenated alkanes) is 12. The Bertz CT molecular complexity index is 891. The molecule has 2 N–H and O–H groups in total. The maximum absolute atomic E-state index is 12.3. The summed E-state index contributed by atoms with van der Waals surface area (Å²) in [7, 11) is 0. The highest BCUT2D eigenvalue weighted by atomic mass is 16.6. The first-order valence-corrected chi connectivity index (χ1v) is 18.5. The smallest absolute Gasteiger partial charge is 0.306 e. The van der Waals surface area contributed by atoms with Crippen molar-refractivity contribution < 1.29 is 34.1 Å². The van der Waals surface area contributed by atoms with Gasteiger partial charge in [0.1, 0.15) is 6.61 Å². The molecule has 7 nitrogen and oxygen atoms in total. The van der Waals surface area contributed by atoms with E-state index in [1.165, 1.54) is 51.4 Å². The molecule has 4 atom stereocenters. The largest absolute Gasteiger partial charge is 0.462 e. The zero-order valence-corrected chi connectivity index (χ0v) is 29.3. The predicted octanol–water partition coefficient (Wildman–Crippen LogP) is 8.76. The topological polar surface area (TPSA) is 110 Å². The summed E-state index contributed by atoms with van der Waals surface area (Å²) >= 11 is 0. The number of aliphatic hydroxyl groups excluding tert-OH is 2. The number of aliphatic hydroxyl groups is 2. The van der Waals surface area contributed by atoms with E-state index in [0.29, 0.717) is 25.7 Å². The van der Waals surface area contributed by atoms with Gasteiger partial charge in [0.2, 0.25) is 0 Å². The van der Waals surface area contributed by atoms with E-state index in [1.54, 1.807) is 12.2 Å². The second kappa shape index (κ2) is 27.8. The Morgan fingerprint density at radius 2 is 1.48 bits per heavy atom. The number of carbonyl (C=O) groups excluding carboxylic acids is 3. The first-order valence-electron chi connectivity index (χ1n) is 18.5. The van der Waals surface area contributed by atoms with Gasteiger partial charge < -0.3 is 19.7 Å². The van der Waals surface area contributed by atoms with Crippen LogP contribution in [0, 0.1) is 17.8 Å². The van der Waals surface area contributed by atoms with Gasteiger partial charge in [0.25, 0.3) is 0 Å². The molecular weight excluding hydrogens is 580 g/mol. The second-order valence-corrected chi connectivity index (χ2v) is 13.4. The standard InChI is InChI=1S/C39H66O7/c1-4-5-16-23-34(41)27-28-36-33(26-29-37(36)42)22-18-14-15-20-25-39(44)46-35(30-40)31-45-38(43)24-19-13-11-9-7-6-8-10-12-17-21-32(2)3/h14,18,26-29,32-36,40-41H,4-13,15-17,19-25,30-31H2,1-3H3/b18-14-,28-27+/t33-,34-,35-,36+/m0/s1. The monoisotopic (exact) mass is 646 g/mol. The summed E-state index contributed by atoms with van der Waals surface area (Å²) in [5, 5.41) is 19.7. The minimum Gasteiger partial charge on any atom is -0.462 e. The van der Waals surface area contributed by atoms with Crippen molar-refractivity contribution in [3.8, 4) is 0 Å². The lowest BCUT2D eigenvalue weighted by Gasteiger charge is -2.15. The second-order valence-electron chi connectivity index (χ2n) is 13.4. The fraction of sp³-hybridized carbons (Fsp3) is 0.769. The maximum Gasteiger partial charge on any atom is 0.306 e. The van der Waals surface area contributed by atoms with Crippen molar-refractivity contribution in [3.63, 3.8) is 0 Å². The number of hydrogen-bond acceptors (Lipinski definition) is 7. The van der Waals surface area contributed by atoms with E-state index >= 15 is 0 Å². The van der Waals surface area contributed by atoms with Gasteiger partial charge in [-0.05, 0) is 50.0 Å². The summed E-state index contributed by atoms with van der Waals surface area (Å²) in [5.41, 5.74) is 0. The molecule has 46 heavy (non-hydrogen) atoms. The SMILES string of the molecule is CCCCC[C@H](O)/C=C/[C@H]1C(=O)C=C[C@@H]1C/C=C\CCCC(=O)O[C@@H](CO)COC(=O)CCCCCCCCCCCCC(C)C. The third kappa shape index (κ3) is 22.3. The van der Waals surface area contributed by atoms with E-state index < -0.39 is 24.8 Å². The molecule has 0 aromatic rings. The van der Waals surface area contributed by atoms with Crippen LogP contribution in [0.1, 0.15) is 149 Å². The number of rotatable bonds is 29. The van der Waals surface area contributed by atoms with Crippen molar-refractivity contribution >= 4 is 17.7 Å². The number of ether oxygens (including phenoxy) is 2. The van der Waals surface area contributed by atoms with Crippen molar-refractivity contribution in [1.29, 1.82) is 0 Å². The Labute approximate surface area is 280 Å². The Hall–Kier alpha value is -2.25. The molecule has 7 heteroatoms. The van der Waals surface area contributed by atoms with Crippen molar-refractivity contribution in [2.45, 2.75) is 161 Å². The molecule has 0 aromatic carbocycles. The Kier molecular flexibility index (Phi) is 25.3. The average Bonchev–Trinajstić information content (AvgIpc) is 3.38. The number of allylic oxidation sites excluding steroid dienone is 5. The molecular formula is C39H66O7. The molecule has 1 rings (SSSR count). The molecule has 0 aliphatic heterocycles. The van der Waals surface area contributed by atoms with Crippen molar-refractivity contribution in [1.82, 2.24) is 0 Å². The molecule has 0 amide bonds. The van der Waals surface area contributed by atoms with Gasteiger partial charge in [0.15, 0.2) is 11.9 Å². The third-order valence-electron chi connectivity index (χ3n) is 8.61. The summed E-state index contributed by atoms with van der Waals surface area (Å²) < 4.78 is 10.5. The molecule has 0 heterocycles. The van der Waals surface area contributed by atoms with Gasteiger partial charge in [-0.2, -0.15) is 0 Å². The summed E-state index contributed by atoms with van der Waals surface area (Å²) in [4.78, 5) is 36.6. The first-order chi connectivity index (χ1) is 22.3. The summed E-state index contributed by atoms with van der Waals surface area (Å²) in [6.45, 7) is 6.18. The van der Waals surface area contributed by atoms with Crippen LogP contribution < -0.4 is 0 Å². The molecule has 0 fully saturated rings. The number of esters is 2. The van der Waals surface area contributed by atoms with Crippen molar-refractivity contribution in [2.75, 3.05) is 13.2 Å². The normalized spacial score (nSPS) is 17.8. The highest BCUT2D eigenvalue weighted by molar-refractivity contribution is 5.95. The van der Waals surface area contributed by atoms with Gasteiger partial charge in [0.05, 0.1) is 12.7 Å². The highest BCUT2D eigenvalue weighted by Crippen LogP contribution is 2.27. The predicted molar refractivity (Wildman–Crippen MR) is 186 cm³/mol. The zero-order chi connectivity index (χ0) is 33.8. The Morgan fingerprint density at radius 1 is 0.848 bits per heavy atom. The Balaban J connectivity index is 2.11. The maximum atomic E-state index is 12.3. The van der Waals surface area contributed by atoms with E-state index in [9.17, 15) is 24.6 Å². The zero-order valence-electron chi connectivity index (χ0n) is 29.3. The minimum atomic E-state index is -0.848. The van der Waals surface area contributed by atoms with Gasteiger partial charge in [0, 0.05) is 18.8 Å². The van der Waals surface area contributed by atoms with Crippen molar-refractivity contribution in [3.05, 3.63) is 36.5 Å². The number of ketones is 1. The van der Waals surface area contributed by atoms with Crippen LogP contribution in [0.5, 0.6) is 0 Å². The molecule has 0 radical (unpaired) electrons. The first kappa shape index (κ1) is 41.8. The van der Waals surface area contributed by atoms with Gasteiger partial charge >= 0.3 is 11.9 Å². The van der Waals surface area contributed by atoms with E-state index in [4.69, 9.17) is 9.47 Å². The molecule has 1 aliphatic rings. The van der Waals surface area contributed by atoms with E-state index in [1.807, 2.05) is 24.3 Å². The minimum absolute atomic E-state index is 0.0708. The van der Waals surface area contributed by atoms with Crippen LogP contribution in [0.3, 0.4) is 0 Å². The summed E-state index contributed by atoms with van der Waals surface area (Å²) in [6.07, 6.45) is 29.7. The molecule has 264 valence electrons. The lowest BCUT2D eigenvalue weighted by atomic mass is 9.90. The average molecular weight is 647 g/mol. The molecule has 1 aliphatic carbocycles. The highest BCUT2D eigenvalue weighted by Gasteiger charge is 2.27. The molecule has 0 aromatic heterocycles. The van der Waals surface area contributed by atoms with Crippen LogP contribution >= 0.6 is 0 Å². The number of hydrogen-bond donors (Lipinski definition) is 2. The van der Waals surface area contributed by atoms with Crippen LogP contribution in [0.4, 0.5) is 0 Å². The van der Waals surface area contributed by atoms with Crippen molar-refractivity contribution in [2.24, 2.45) is 17.8 Å². The van der Waals surface area contributed by atoms with Crippen LogP contribution in [0.25, 0.3) is 0 Å². The van der Waals surface area contributed by atoms with E-state index in [0.717, 1.165) is 50.9 Å². The van der Waals surface area contributed by atoms with Gasteiger partial charge in [-0.1, -0.05) is 135 Å². The quantitative estimate of drug-likeness (QED) is 0.0475. The van der Waals surface area contributed by atoms with Crippen LogP contribution in [-0.4, -0.2) is 53.4 Å².